The Balaban J connectivity index is 1.37. The normalized spacial score (nSPS) is 21.1. The minimum absolute atomic E-state index is 0.174. The molecule has 4 N–H and O–H groups in total. The first kappa shape index (κ1) is 21.7. The fourth-order valence-electron chi connectivity index (χ4n) is 5.24. The molecule has 2 fully saturated rings. The van der Waals surface area contributed by atoms with Gasteiger partial charge in [0, 0.05) is 30.4 Å². The van der Waals surface area contributed by atoms with Crippen LogP contribution in [0.1, 0.15) is 42.5 Å². The summed E-state index contributed by atoms with van der Waals surface area (Å²) in [6, 6.07) is 8.74. The number of hydrogen-bond donors (Lipinski definition) is 3. The first-order chi connectivity index (χ1) is 16.6. The van der Waals surface area contributed by atoms with Gasteiger partial charge in [-0.1, -0.05) is 12.1 Å². The number of ether oxygens (including phenoxy) is 1. The first-order valence-corrected chi connectivity index (χ1v) is 12.1. The van der Waals surface area contributed by atoms with Crippen LogP contribution >= 0.6 is 0 Å². The second-order valence-electron chi connectivity index (χ2n) is 9.79. The third-order valence-corrected chi connectivity index (χ3v) is 7.37. The molecule has 8 nitrogen and oxygen atoms in total. The van der Waals surface area contributed by atoms with E-state index in [9.17, 15) is 10.2 Å². The lowest BCUT2D eigenvalue weighted by atomic mass is 9.87. The predicted octanol–water partition coefficient (Wildman–Crippen LogP) is 2.39. The predicted molar refractivity (Wildman–Crippen MR) is 130 cm³/mol. The molecule has 1 aromatic carbocycles. The number of rotatable bonds is 8. The highest BCUT2D eigenvalue weighted by atomic mass is 16.5. The molecule has 3 aliphatic rings. The third-order valence-electron chi connectivity index (χ3n) is 7.37. The highest BCUT2D eigenvalue weighted by Crippen LogP contribution is 2.45. The Bertz CT molecular complexity index is 1210. The zero-order chi connectivity index (χ0) is 23.3. The van der Waals surface area contributed by atoms with E-state index in [2.05, 4.69) is 28.1 Å². The van der Waals surface area contributed by atoms with Gasteiger partial charge in [0.05, 0.1) is 48.6 Å². The Kier molecular flexibility index (Phi) is 5.41. The van der Waals surface area contributed by atoms with Crippen molar-refractivity contribution in [3.8, 4) is 0 Å². The highest BCUT2D eigenvalue weighted by Gasteiger charge is 2.43. The number of unbranched alkanes of at least 4 members (excludes halogenated alkanes) is 1. The molecule has 0 bridgehead atoms. The van der Waals surface area contributed by atoms with Gasteiger partial charge >= 0.3 is 0 Å². The maximum atomic E-state index is 11.3. The van der Waals surface area contributed by atoms with Crippen molar-refractivity contribution in [2.24, 2.45) is 5.73 Å². The lowest BCUT2D eigenvalue weighted by Crippen LogP contribution is -2.54. The average Bonchev–Trinajstić information content (AvgIpc) is 3.63. The topological polar surface area (TPSA) is 108 Å². The van der Waals surface area contributed by atoms with Crippen molar-refractivity contribution >= 4 is 22.1 Å². The van der Waals surface area contributed by atoms with Crippen molar-refractivity contribution in [3.05, 3.63) is 59.7 Å². The molecule has 0 amide bonds. The Morgan fingerprint density at radius 3 is 2.71 bits per heavy atom. The number of benzene rings is 1. The quantitative estimate of drug-likeness (QED) is 0.439. The molecule has 178 valence electrons. The molecule has 1 aliphatic carbocycles. The van der Waals surface area contributed by atoms with Crippen LogP contribution in [0.5, 0.6) is 0 Å². The van der Waals surface area contributed by atoms with E-state index in [0.29, 0.717) is 25.8 Å². The number of anilines is 2. The molecule has 4 heterocycles. The van der Waals surface area contributed by atoms with E-state index in [1.54, 1.807) is 6.20 Å². The Morgan fingerprint density at radius 1 is 1.12 bits per heavy atom. The van der Waals surface area contributed by atoms with Crippen LogP contribution in [0.4, 0.5) is 11.4 Å². The summed E-state index contributed by atoms with van der Waals surface area (Å²) in [5, 5.41) is 22.8. The lowest BCUT2D eigenvalue weighted by Gasteiger charge is -2.38. The molecule has 1 atom stereocenters. The average molecular weight is 462 g/mol. The van der Waals surface area contributed by atoms with Gasteiger partial charge in [-0.15, -0.1) is 0 Å². The van der Waals surface area contributed by atoms with Gasteiger partial charge < -0.3 is 30.5 Å². The summed E-state index contributed by atoms with van der Waals surface area (Å²) in [6.07, 6.45) is 9.43. The fraction of sp³-hybridized carbons (Fsp3) is 0.462. The van der Waals surface area contributed by atoms with E-state index in [1.165, 1.54) is 0 Å². The van der Waals surface area contributed by atoms with Gasteiger partial charge in [0.25, 0.3) is 0 Å². The second kappa shape index (κ2) is 8.46. The van der Waals surface area contributed by atoms with Gasteiger partial charge in [-0.3, -0.25) is 9.97 Å². The molecule has 6 rings (SSSR count). The number of fused-ring (bicyclic) bond motifs is 2. The Labute approximate surface area is 199 Å². The molecule has 0 spiro atoms. The molecule has 8 heteroatoms. The number of hydrogen-bond acceptors (Lipinski definition) is 8. The van der Waals surface area contributed by atoms with Gasteiger partial charge in [0.2, 0.25) is 6.35 Å². The van der Waals surface area contributed by atoms with Gasteiger partial charge in [0.1, 0.15) is 0 Å². The molecule has 3 aromatic rings. The summed E-state index contributed by atoms with van der Waals surface area (Å²) >= 11 is 0. The Hall–Kier alpha value is -2.78. The molecule has 1 unspecified atom stereocenters. The first-order valence-electron chi connectivity index (χ1n) is 12.1. The van der Waals surface area contributed by atoms with Crippen LogP contribution in [-0.4, -0.2) is 52.4 Å². The minimum Gasteiger partial charge on any atom is -0.396 e. The summed E-state index contributed by atoms with van der Waals surface area (Å²) in [5.41, 5.74) is 11.2. The van der Waals surface area contributed by atoms with E-state index in [-0.39, 0.29) is 6.61 Å². The van der Waals surface area contributed by atoms with Crippen molar-refractivity contribution in [2.75, 3.05) is 29.6 Å². The second-order valence-corrected chi connectivity index (χ2v) is 9.79. The largest absolute Gasteiger partial charge is 0.396 e. The molecule has 1 saturated heterocycles. The van der Waals surface area contributed by atoms with Crippen LogP contribution in [0.3, 0.4) is 0 Å². The summed E-state index contributed by atoms with van der Waals surface area (Å²) in [5.74, 6) is 0. The summed E-state index contributed by atoms with van der Waals surface area (Å²) in [7, 11) is 0. The molecular formula is C26H31N5O3. The third kappa shape index (κ3) is 3.62. The number of nitrogens with two attached hydrogens (primary N) is 1. The minimum atomic E-state index is -0.729. The standard InChI is InChI=1S/C26H31N5O3/c27-26(15-34-16-26)18-4-7-20-17(11-18)12-29-22(21(20)3-1-2-10-32)14-30-24-13-28-9-8-23(24)31(25(30)33)19-5-6-19/h4,7-9,11-13,19,25,32-33H,1-3,5-6,10,14-16,27H2. The van der Waals surface area contributed by atoms with Crippen LogP contribution < -0.4 is 15.5 Å². The molecule has 2 aromatic heterocycles. The van der Waals surface area contributed by atoms with E-state index in [1.807, 2.05) is 23.4 Å². The van der Waals surface area contributed by atoms with Gasteiger partial charge in [-0.05, 0) is 60.7 Å². The van der Waals surface area contributed by atoms with Crippen molar-refractivity contribution < 1.29 is 14.9 Å². The molecule has 1 saturated carbocycles. The van der Waals surface area contributed by atoms with Crippen LogP contribution in [0.25, 0.3) is 10.8 Å². The highest BCUT2D eigenvalue weighted by molar-refractivity contribution is 5.87. The fourth-order valence-corrected chi connectivity index (χ4v) is 5.24. The number of nitrogens with zero attached hydrogens (tertiary/aromatic N) is 4. The van der Waals surface area contributed by atoms with Crippen LogP contribution in [0, 0.1) is 0 Å². The van der Waals surface area contributed by atoms with Crippen LogP contribution in [-0.2, 0) is 23.2 Å². The SMILES string of the molecule is NC1(c2ccc3c(CCCCO)c(CN4c5cnccc5N(C5CC5)C4O)ncc3c2)COC1. The van der Waals surface area contributed by atoms with E-state index in [0.717, 1.165) is 71.1 Å². The number of aryl methyl sites for hydroxylation is 1. The summed E-state index contributed by atoms with van der Waals surface area (Å²) in [4.78, 5) is 13.3. The van der Waals surface area contributed by atoms with Crippen molar-refractivity contribution in [3.63, 3.8) is 0 Å². The maximum Gasteiger partial charge on any atom is 0.208 e. The molecule has 0 radical (unpaired) electrons. The van der Waals surface area contributed by atoms with E-state index in [4.69, 9.17) is 15.5 Å². The van der Waals surface area contributed by atoms with Gasteiger partial charge in [-0.2, -0.15) is 0 Å². The number of pyridine rings is 2. The molecular weight excluding hydrogens is 430 g/mol. The number of aliphatic hydroxyl groups excluding tert-OH is 2. The number of aromatic nitrogens is 2. The van der Waals surface area contributed by atoms with Gasteiger partial charge in [0.15, 0.2) is 0 Å². The zero-order valence-electron chi connectivity index (χ0n) is 19.2. The van der Waals surface area contributed by atoms with Crippen LogP contribution in [0.2, 0.25) is 0 Å². The lowest BCUT2D eigenvalue weighted by molar-refractivity contribution is -0.0568. The molecule has 2 aliphatic heterocycles. The van der Waals surface area contributed by atoms with Crippen molar-refractivity contribution in [1.82, 2.24) is 9.97 Å². The van der Waals surface area contributed by atoms with Crippen LogP contribution in [0.15, 0.2) is 42.9 Å². The van der Waals surface area contributed by atoms with Crippen molar-refractivity contribution in [2.45, 2.75) is 56.6 Å². The monoisotopic (exact) mass is 461 g/mol. The van der Waals surface area contributed by atoms with Crippen molar-refractivity contribution in [1.29, 1.82) is 0 Å². The van der Waals surface area contributed by atoms with Gasteiger partial charge in [-0.25, -0.2) is 0 Å². The zero-order valence-corrected chi connectivity index (χ0v) is 19.2. The molecule has 34 heavy (non-hydrogen) atoms. The van der Waals surface area contributed by atoms with E-state index < -0.39 is 11.9 Å². The summed E-state index contributed by atoms with van der Waals surface area (Å²) < 4.78 is 5.35. The Morgan fingerprint density at radius 2 is 1.97 bits per heavy atom. The maximum absolute atomic E-state index is 11.3. The summed E-state index contributed by atoms with van der Waals surface area (Å²) in [6.45, 7) is 1.73. The van der Waals surface area contributed by atoms with E-state index >= 15 is 0 Å². The smallest absolute Gasteiger partial charge is 0.208 e. The number of aliphatic hydroxyl groups is 2.